The Labute approximate surface area is 260 Å². The number of benzene rings is 2. The Morgan fingerprint density at radius 1 is 1.05 bits per heavy atom. The van der Waals surface area contributed by atoms with Crippen LogP contribution in [0.4, 0.5) is 10.8 Å². The Balaban J connectivity index is 1.36. The number of aromatic nitrogens is 2. The average molecular weight is 631 g/mol. The van der Waals surface area contributed by atoms with Crippen LogP contribution in [0.5, 0.6) is 0 Å². The minimum atomic E-state index is -0.696. The number of carbonyl (C=O) groups is 4. The van der Waals surface area contributed by atoms with Crippen LogP contribution in [0.15, 0.2) is 75.5 Å². The molecule has 1 atom stereocenters. The van der Waals surface area contributed by atoms with E-state index in [1.165, 1.54) is 37.3 Å². The van der Waals surface area contributed by atoms with Crippen LogP contribution >= 0.6 is 23.1 Å². The van der Waals surface area contributed by atoms with E-state index in [0.717, 1.165) is 0 Å². The molecule has 1 amide bonds. The molecular weight excluding hydrogens is 605 g/mol. The number of methoxy groups -OCH3 is 2. The van der Waals surface area contributed by atoms with E-state index in [9.17, 15) is 24.4 Å². The Hall–Kier alpha value is -5.00. The number of nitrogens with zero attached hydrogens (tertiary/aromatic N) is 4. The summed E-state index contributed by atoms with van der Waals surface area (Å²) in [6.45, 7) is 0. The molecular formula is C30H26N6O6S2. The van der Waals surface area contributed by atoms with E-state index in [4.69, 9.17) is 10.5 Å². The summed E-state index contributed by atoms with van der Waals surface area (Å²) in [5, 5.41) is 21.8. The van der Waals surface area contributed by atoms with Crippen molar-refractivity contribution in [2.24, 2.45) is 5.73 Å². The van der Waals surface area contributed by atoms with Crippen LogP contribution in [0, 0.1) is 11.3 Å². The van der Waals surface area contributed by atoms with Gasteiger partial charge in [-0.05, 0) is 54.8 Å². The monoisotopic (exact) mass is 630 g/mol. The third-order valence-electron chi connectivity index (χ3n) is 7.08. The second kappa shape index (κ2) is 13.1. The van der Waals surface area contributed by atoms with Gasteiger partial charge in [0.1, 0.15) is 5.82 Å². The van der Waals surface area contributed by atoms with Crippen molar-refractivity contribution in [3.8, 4) is 6.07 Å². The summed E-state index contributed by atoms with van der Waals surface area (Å²) >= 11 is 2.36. The maximum absolute atomic E-state index is 13.3. The molecule has 14 heteroatoms. The van der Waals surface area contributed by atoms with Crippen molar-refractivity contribution in [1.82, 2.24) is 10.2 Å². The second-order valence-electron chi connectivity index (χ2n) is 9.69. The van der Waals surface area contributed by atoms with E-state index in [2.05, 4.69) is 26.3 Å². The fraction of sp³-hybridized carbons (Fsp3) is 0.233. The molecule has 5 rings (SSSR count). The zero-order chi connectivity index (χ0) is 31.4. The number of rotatable bonds is 8. The number of esters is 2. The molecule has 0 radical (unpaired) electrons. The number of nitrogens with one attached hydrogen (secondary N) is 1. The number of hydrogen-bond acceptors (Lipinski definition) is 13. The fourth-order valence-corrected chi connectivity index (χ4v) is 6.73. The second-order valence-corrected chi connectivity index (χ2v) is 11.9. The van der Waals surface area contributed by atoms with E-state index in [1.807, 2.05) is 0 Å². The molecule has 12 nitrogen and oxygen atoms in total. The summed E-state index contributed by atoms with van der Waals surface area (Å²) in [7, 11) is 2.59. The molecule has 0 bridgehead atoms. The number of hydrogen-bond donors (Lipinski definition) is 2. The smallest absolute Gasteiger partial charge is 0.337 e. The van der Waals surface area contributed by atoms with Crippen LogP contribution in [0.25, 0.3) is 0 Å². The predicted molar refractivity (Wildman–Crippen MR) is 163 cm³/mol. The molecule has 1 aliphatic carbocycles. The molecule has 0 saturated carbocycles. The van der Waals surface area contributed by atoms with E-state index in [0.29, 0.717) is 62.4 Å². The van der Waals surface area contributed by atoms with Gasteiger partial charge in [0.05, 0.1) is 48.7 Å². The Kier molecular flexibility index (Phi) is 9.07. The van der Waals surface area contributed by atoms with Crippen LogP contribution in [0.2, 0.25) is 0 Å². The number of nitrogens with two attached hydrogens (primary N) is 1. The number of anilines is 2. The fourth-order valence-electron chi connectivity index (χ4n) is 5.05. The maximum atomic E-state index is 13.3. The number of carbonyl (C=O) groups excluding carboxylic acids is 4. The first-order chi connectivity index (χ1) is 21.2. The van der Waals surface area contributed by atoms with Gasteiger partial charge in [0.2, 0.25) is 11.0 Å². The van der Waals surface area contributed by atoms with Gasteiger partial charge >= 0.3 is 11.9 Å². The average Bonchev–Trinajstić information content (AvgIpc) is 3.51. The highest BCUT2D eigenvalue weighted by atomic mass is 32.2. The maximum Gasteiger partial charge on any atom is 0.337 e. The molecule has 0 saturated heterocycles. The van der Waals surface area contributed by atoms with E-state index >= 15 is 0 Å². The van der Waals surface area contributed by atoms with E-state index in [-0.39, 0.29) is 28.8 Å². The van der Waals surface area contributed by atoms with Gasteiger partial charge in [0, 0.05) is 23.4 Å². The van der Waals surface area contributed by atoms with Gasteiger partial charge in [0.25, 0.3) is 0 Å². The molecule has 224 valence electrons. The van der Waals surface area contributed by atoms with E-state index < -0.39 is 17.9 Å². The minimum absolute atomic E-state index is 0.0399. The first kappa shape index (κ1) is 30.5. The van der Waals surface area contributed by atoms with Gasteiger partial charge < -0.3 is 20.5 Å². The van der Waals surface area contributed by atoms with Gasteiger partial charge in [-0.25, -0.2) is 9.59 Å². The Morgan fingerprint density at radius 2 is 1.68 bits per heavy atom. The molecule has 3 aromatic rings. The van der Waals surface area contributed by atoms with Crippen molar-refractivity contribution in [1.29, 1.82) is 5.26 Å². The molecule has 0 fully saturated rings. The predicted octanol–water partition coefficient (Wildman–Crippen LogP) is 4.15. The standard InChI is InChI=1S/C30H26N6O6S2/c1-41-27(39)17-8-6-16(7-9-17)24-20(14-31)26(32)36(21-4-3-5-22(37)25(21)24)29-34-35-30(44-29)43-15-23(38)33-19-12-10-18(11-13-19)28(40)42-2/h6-13,24H,3-5,15,32H2,1-2H3,(H,33,38). The van der Waals surface area contributed by atoms with Crippen LogP contribution in [0.3, 0.4) is 0 Å². The Bertz CT molecular complexity index is 1740. The number of thioether (sulfide) groups is 1. The van der Waals surface area contributed by atoms with Crippen molar-refractivity contribution >= 4 is 57.5 Å². The lowest BCUT2D eigenvalue weighted by molar-refractivity contribution is -0.116. The van der Waals surface area contributed by atoms with Crippen molar-refractivity contribution in [2.75, 3.05) is 30.2 Å². The summed E-state index contributed by atoms with van der Waals surface area (Å²) in [6.07, 6.45) is 1.48. The van der Waals surface area contributed by atoms with Crippen LogP contribution in [0.1, 0.15) is 51.5 Å². The van der Waals surface area contributed by atoms with Crippen LogP contribution < -0.4 is 16.0 Å². The summed E-state index contributed by atoms with van der Waals surface area (Å²) in [5.41, 5.74) is 9.80. The number of nitriles is 1. The highest BCUT2D eigenvalue weighted by Crippen LogP contribution is 2.47. The third kappa shape index (κ3) is 6.05. The number of ketones is 1. The lowest BCUT2D eigenvalue weighted by Crippen LogP contribution is -2.38. The number of allylic oxidation sites excluding steroid dienone is 3. The summed E-state index contributed by atoms with van der Waals surface area (Å²) in [5.74, 6) is -1.85. The zero-order valence-corrected chi connectivity index (χ0v) is 25.3. The van der Waals surface area contributed by atoms with Gasteiger partial charge in [0.15, 0.2) is 10.1 Å². The first-order valence-electron chi connectivity index (χ1n) is 13.3. The number of ether oxygens (including phenoxy) is 2. The zero-order valence-electron chi connectivity index (χ0n) is 23.7. The highest BCUT2D eigenvalue weighted by Gasteiger charge is 2.41. The van der Waals surface area contributed by atoms with Crippen molar-refractivity contribution in [2.45, 2.75) is 29.5 Å². The van der Waals surface area contributed by atoms with Crippen molar-refractivity contribution < 1.29 is 28.7 Å². The summed E-state index contributed by atoms with van der Waals surface area (Å²) in [6, 6.07) is 15.1. The number of amides is 1. The number of Topliss-reactive ketones (excluding diaryl/α,β-unsaturated/α-hetero) is 1. The molecule has 2 aromatic carbocycles. The minimum Gasteiger partial charge on any atom is -0.465 e. The summed E-state index contributed by atoms with van der Waals surface area (Å²) < 4.78 is 9.95. The lowest BCUT2D eigenvalue weighted by atomic mass is 9.75. The highest BCUT2D eigenvalue weighted by molar-refractivity contribution is 8.01. The Morgan fingerprint density at radius 3 is 2.30 bits per heavy atom. The molecule has 1 aromatic heterocycles. The molecule has 44 heavy (non-hydrogen) atoms. The summed E-state index contributed by atoms with van der Waals surface area (Å²) in [4.78, 5) is 51.1. The van der Waals surface area contributed by atoms with Crippen LogP contribution in [-0.4, -0.2) is 53.8 Å². The van der Waals surface area contributed by atoms with Gasteiger partial charge in [-0.3, -0.25) is 14.5 Å². The molecule has 1 aliphatic heterocycles. The van der Waals surface area contributed by atoms with Crippen molar-refractivity contribution in [3.63, 3.8) is 0 Å². The van der Waals surface area contributed by atoms with Gasteiger partial charge in [-0.2, -0.15) is 5.26 Å². The van der Waals surface area contributed by atoms with E-state index in [1.54, 1.807) is 53.4 Å². The quantitative estimate of drug-likeness (QED) is 0.269. The third-order valence-corrected chi connectivity index (χ3v) is 9.12. The molecule has 2 heterocycles. The first-order valence-corrected chi connectivity index (χ1v) is 15.1. The van der Waals surface area contributed by atoms with Crippen LogP contribution in [-0.2, 0) is 19.1 Å². The topological polar surface area (TPSA) is 178 Å². The molecule has 0 spiro atoms. The largest absolute Gasteiger partial charge is 0.465 e. The molecule has 1 unspecified atom stereocenters. The van der Waals surface area contributed by atoms with Crippen molar-refractivity contribution in [3.05, 3.63) is 87.9 Å². The SMILES string of the molecule is COC(=O)c1ccc(NC(=O)CSc2nnc(N3C(N)=C(C#N)C(c4ccc(C(=O)OC)cc4)C4=C3CCCC4=O)s2)cc1. The molecule has 2 aliphatic rings. The normalized spacial score (nSPS) is 16.2. The molecule has 3 N–H and O–H groups in total. The van der Waals surface area contributed by atoms with Gasteiger partial charge in [-0.15, -0.1) is 10.2 Å². The lowest BCUT2D eigenvalue weighted by Gasteiger charge is -2.38. The van der Waals surface area contributed by atoms with Gasteiger partial charge in [-0.1, -0.05) is 35.2 Å².